The molecule has 158 valence electrons. The fourth-order valence-corrected chi connectivity index (χ4v) is 4.49. The van der Waals surface area contributed by atoms with Gasteiger partial charge in [-0.05, 0) is 48.7 Å². The van der Waals surface area contributed by atoms with E-state index in [-0.39, 0.29) is 0 Å². The van der Waals surface area contributed by atoms with Crippen LogP contribution >= 0.6 is 11.3 Å². The first-order valence-electron chi connectivity index (χ1n) is 11.1. The van der Waals surface area contributed by atoms with E-state index >= 15 is 0 Å². The number of nitrogens with one attached hydrogen (secondary N) is 2. The number of anilines is 3. The molecule has 5 heteroatoms. The number of fused-ring (bicyclic) bond motifs is 1. The van der Waals surface area contributed by atoms with Crippen LogP contribution in [0.25, 0.3) is 11.3 Å². The van der Waals surface area contributed by atoms with Gasteiger partial charge in [0, 0.05) is 23.2 Å². The maximum atomic E-state index is 5.66. The number of rotatable bonds is 10. The van der Waals surface area contributed by atoms with Crippen LogP contribution in [0, 0.1) is 0 Å². The Labute approximate surface area is 183 Å². The number of hydrogen-bond acceptors (Lipinski definition) is 5. The molecule has 0 bridgehead atoms. The summed E-state index contributed by atoms with van der Waals surface area (Å²) in [6.07, 6.45) is 9.23. The topological polar surface area (TPSA) is 46.2 Å². The van der Waals surface area contributed by atoms with Crippen LogP contribution in [0.1, 0.15) is 51.0 Å². The fraction of sp³-hybridized carbons (Fsp3) is 0.400. The molecule has 0 amide bonds. The van der Waals surface area contributed by atoms with Crippen LogP contribution in [-0.2, 0) is 6.42 Å². The Morgan fingerprint density at radius 2 is 1.87 bits per heavy atom. The van der Waals surface area contributed by atoms with Gasteiger partial charge in [0.1, 0.15) is 12.4 Å². The van der Waals surface area contributed by atoms with Gasteiger partial charge in [-0.1, -0.05) is 51.2 Å². The summed E-state index contributed by atoms with van der Waals surface area (Å²) in [5.41, 5.74) is 5.63. The molecule has 0 radical (unpaired) electrons. The summed E-state index contributed by atoms with van der Waals surface area (Å²) in [5, 5.41) is 9.84. The van der Waals surface area contributed by atoms with Crippen molar-refractivity contribution in [1.82, 2.24) is 4.98 Å². The van der Waals surface area contributed by atoms with Crippen molar-refractivity contribution in [3.05, 3.63) is 53.4 Å². The Bertz CT molecular complexity index is 936. The quantitative estimate of drug-likeness (QED) is 0.338. The highest BCUT2D eigenvalue weighted by atomic mass is 32.1. The molecule has 2 heterocycles. The Morgan fingerprint density at radius 1 is 1.03 bits per heavy atom. The van der Waals surface area contributed by atoms with Crippen LogP contribution in [-0.4, -0.2) is 18.1 Å². The van der Waals surface area contributed by atoms with Crippen molar-refractivity contribution in [2.75, 3.05) is 23.8 Å². The minimum atomic E-state index is 0.717. The second-order valence-corrected chi connectivity index (χ2v) is 8.72. The number of unbranched alkanes of at least 4 members (excludes halogenated alkanes) is 5. The van der Waals surface area contributed by atoms with Crippen molar-refractivity contribution < 1.29 is 4.74 Å². The van der Waals surface area contributed by atoms with Crippen LogP contribution in [0.15, 0.2) is 47.8 Å². The van der Waals surface area contributed by atoms with Gasteiger partial charge in [-0.25, -0.2) is 4.98 Å². The minimum Gasteiger partial charge on any atom is -0.490 e. The first-order chi connectivity index (χ1) is 14.8. The van der Waals surface area contributed by atoms with Crippen molar-refractivity contribution in [2.45, 2.75) is 51.9 Å². The zero-order valence-corrected chi connectivity index (χ0v) is 18.6. The van der Waals surface area contributed by atoms with Gasteiger partial charge in [0.05, 0.1) is 11.4 Å². The zero-order valence-electron chi connectivity index (χ0n) is 17.7. The van der Waals surface area contributed by atoms with Gasteiger partial charge in [0.15, 0.2) is 5.13 Å². The highest BCUT2D eigenvalue weighted by Gasteiger charge is 2.12. The Kier molecular flexibility index (Phi) is 7.25. The van der Waals surface area contributed by atoms with Gasteiger partial charge < -0.3 is 15.4 Å². The molecule has 0 fully saturated rings. The molecule has 0 saturated heterocycles. The lowest BCUT2D eigenvalue weighted by molar-refractivity contribution is 0.323. The van der Waals surface area contributed by atoms with Gasteiger partial charge in [-0.2, -0.15) is 0 Å². The van der Waals surface area contributed by atoms with Gasteiger partial charge in [0.2, 0.25) is 0 Å². The number of ether oxygens (including phenoxy) is 1. The molecule has 0 spiro atoms. The second-order valence-electron chi connectivity index (χ2n) is 7.86. The first-order valence-corrected chi connectivity index (χ1v) is 12.0. The molecule has 1 aliphatic heterocycles. The number of aromatic nitrogens is 1. The lowest BCUT2D eigenvalue weighted by atomic mass is 10.0. The second kappa shape index (κ2) is 10.5. The van der Waals surface area contributed by atoms with E-state index in [0.29, 0.717) is 0 Å². The van der Waals surface area contributed by atoms with Crippen molar-refractivity contribution in [3.8, 4) is 17.0 Å². The van der Waals surface area contributed by atoms with Crippen LogP contribution in [0.5, 0.6) is 5.75 Å². The Morgan fingerprint density at radius 3 is 2.73 bits per heavy atom. The van der Waals surface area contributed by atoms with Gasteiger partial charge >= 0.3 is 0 Å². The van der Waals surface area contributed by atoms with E-state index in [2.05, 4.69) is 59.3 Å². The monoisotopic (exact) mass is 421 g/mol. The predicted molar refractivity (Wildman–Crippen MR) is 128 cm³/mol. The minimum absolute atomic E-state index is 0.717. The largest absolute Gasteiger partial charge is 0.490 e. The third kappa shape index (κ3) is 5.54. The van der Waals surface area contributed by atoms with Crippen molar-refractivity contribution in [2.24, 2.45) is 0 Å². The molecular weight excluding hydrogens is 390 g/mol. The molecule has 30 heavy (non-hydrogen) atoms. The maximum absolute atomic E-state index is 5.66. The van der Waals surface area contributed by atoms with Crippen LogP contribution in [0.2, 0.25) is 0 Å². The number of hydrogen-bond donors (Lipinski definition) is 2. The van der Waals surface area contributed by atoms with E-state index in [4.69, 9.17) is 9.72 Å². The molecule has 4 nitrogen and oxygen atoms in total. The highest BCUT2D eigenvalue weighted by Crippen LogP contribution is 2.34. The summed E-state index contributed by atoms with van der Waals surface area (Å²) in [5.74, 6) is 0.916. The van der Waals surface area contributed by atoms with Gasteiger partial charge in [-0.3, -0.25) is 0 Å². The molecular formula is C25H31N3OS. The Hall–Kier alpha value is -2.53. The van der Waals surface area contributed by atoms with Crippen LogP contribution < -0.4 is 15.4 Å². The van der Waals surface area contributed by atoms with Crippen LogP contribution in [0.4, 0.5) is 16.5 Å². The summed E-state index contributed by atoms with van der Waals surface area (Å²) < 4.78 is 5.66. The number of nitrogens with zero attached hydrogens (tertiary/aromatic N) is 1. The summed E-state index contributed by atoms with van der Waals surface area (Å²) in [6.45, 7) is 3.83. The number of benzene rings is 2. The molecule has 0 saturated carbocycles. The van der Waals surface area contributed by atoms with E-state index in [9.17, 15) is 0 Å². The lowest BCUT2D eigenvalue weighted by Gasteiger charge is -2.19. The fourth-order valence-electron chi connectivity index (χ4n) is 3.75. The summed E-state index contributed by atoms with van der Waals surface area (Å²) >= 11 is 1.63. The van der Waals surface area contributed by atoms with Gasteiger partial charge in [-0.15, -0.1) is 11.3 Å². The molecule has 0 aliphatic carbocycles. The summed E-state index contributed by atoms with van der Waals surface area (Å²) in [7, 11) is 0. The number of aryl methyl sites for hydroxylation is 1. The molecule has 0 atom stereocenters. The third-order valence-electron chi connectivity index (χ3n) is 5.48. The van der Waals surface area contributed by atoms with Crippen LogP contribution in [0.3, 0.4) is 0 Å². The van der Waals surface area contributed by atoms with Crippen molar-refractivity contribution >= 4 is 27.8 Å². The molecule has 2 aromatic carbocycles. The molecule has 3 aromatic rings. The average Bonchev–Trinajstić information content (AvgIpc) is 3.25. The average molecular weight is 422 g/mol. The third-order valence-corrected chi connectivity index (χ3v) is 6.24. The summed E-state index contributed by atoms with van der Waals surface area (Å²) in [4.78, 5) is 4.77. The smallest absolute Gasteiger partial charge is 0.187 e. The van der Waals surface area contributed by atoms with E-state index in [0.717, 1.165) is 46.7 Å². The highest BCUT2D eigenvalue weighted by molar-refractivity contribution is 7.14. The standard InChI is InChI=1S/C25H31N3OS/c1-2-3-4-5-6-7-8-19-9-12-21(13-10-19)27-25-28-23(18-30-25)20-11-14-24-22(17-20)26-15-16-29-24/h9-14,17-18,26H,2-8,15-16H2,1H3,(H,27,28). The molecule has 4 rings (SSSR count). The Balaban J connectivity index is 1.30. The van der Waals surface area contributed by atoms with Crippen molar-refractivity contribution in [3.63, 3.8) is 0 Å². The molecule has 1 aromatic heterocycles. The maximum Gasteiger partial charge on any atom is 0.187 e. The normalized spacial score (nSPS) is 12.7. The zero-order chi connectivity index (χ0) is 20.6. The summed E-state index contributed by atoms with van der Waals surface area (Å²) in [6, 6.07) is 15.0. The van der Waals surface area contributed by atoms with Crippen molar-refractivity contribution in [1.29, 1.82) is 0 Å². The van der Waals surface area contributed by atoms with E-state index in [1.165, 1.54) is 50.5 Å². The lowest BCUT2D eigenvalue weighted by Crippen LogP contribution is -2.17. The SMILES string of the molecule is CCCCCCCCc1ccc(Nc2nc(-c3ccc4c(c3)NCCO4)cs2)cc1. The molecule has 2 N–H and O–H groups in total. The van der Waals surface area contributed by atoms with E-state index < -0.39 is 0 Å². The molecule has 1 aliphatic rings. The number of thiazole rings is 1. The van der Waals surface area contributed by atoms with Gasteiger partial charge in [0.25, 0.3) is 0 Å². The first kappa shape index (κ1) is 20.7. The molecule has 0 unspecified atom stereocenters. The predicted octanol–water partition coefficient (Wildman–Crippen LogP) is 7.26. The van der Waals surface area contributed by atoms with E-state index in [1.807, 2.05) is 6.07 Å². The van der Waals surface area contributed by atoms with E-state index in [1.54, 1.807) is 11.3 Å².